The minimum Gasteiger partial charge on any atom is -0.496 e. The summed E-state index contributed by atoms with van der Waals surface area (Å²) in [4.78, 5) is 4.57. The number of hydrogen-bond donors (Lipinski definition) is 1. The van der Waals surface area contributed by atoms with Gasteiger partial charge < -0.3 is 15.0 Å². The molecule has 0 unspecified atom stereocenters. The summed E-state index contributed by atoms with van der Waals surface area (Å²) in [5, 5.41) is 4.11. The van der Waals surface area contributed by atoms with Gasteiger partial charge in [-0.25, -0.2) is 0 Å². The van der Waals surface area contributed by atoms with Crippen molar-refractivity contribution >= 4 is 0 Å². The fourth-order valence-electron chi connectivity index (χ4n) is 2.74. The summed E-state index contributed by atoms with van der Waals surface area (Å²) in [6.07, 6.45) is 2.96. The molecule has 1 heterocycles. The van der Waals surface area contributed by atoms with E-state index in [1.54, 1.807) is 7.11 Å². The van der Waals surface area contributed by atoms with Crippen molar-refractivity contribution in [2.45, 2.75) is 44.1 Å². The maximum Gasteiger partial charge on any atom is 0.236 e. The Morgan fingerprint density at radius 2 is 2.00 bits per heavy atom. The molecule has 5 heteroatoms. The van der Waals surface area contributed by atoms with Crippen LogP contribution in [0.4, 0.5) is 0 Å². The van der Waals surface area contributed by atoms with Crippen molar-refractivity contribution in [3.63, 3.8) is 0 Å². The van der Waals surface area contributed by atoms with Crippen LogP contribution in [0, 0.1) is 0 Å². The van der Waals surface area contributed by atoms with Gasteiger partial charge in [-0.2, -0.15) is 4.98 Å². The third kappa shape index (κ3) is 2.21. The molecular formula is C16H21N3O2. The highest BCUT2D eigenvalue weighted by molar-refractivity contribution is 5.42. The minimum atomic E-state index is -0.433. The fourth-order valence-corrected chi connectivity index (χ4v) is 2.74. The summed E-state index contributed by atoms with van der Waals surface area (Å²) in [7, 11) is 1.66. The molecule has 0 amide bonds. The maximum atomic E-state index is 6.27. The van der Waals surface area contributed by atoms with Crippen LogP contribution in [-0.4, -0.2) is 17.3 Å². The SMILES string of the molecule is COc1ccccc1C(C)(C)c1nc(C2(N)CCC2)no1. The summed E-state index contributed by atoms with van der Waals surface area (Å²) < 4.78 is 11.0. The van der Waals surface area contributed by atoms with Gasteiger partial charge in [-0.1, -0.05) is 23.4 Å². The molecular weight excluding hydrogens is 266 g/mol. The van der Waals surface area contributed by atoms with Crippen molar-refractivity contribution in [1.29, 1.82) is 0 Å². The summed E-state index contributed by atoms with van der Waals surface area (Å²) in [6.45, 7) is 4.10. The standard InChI is InChI=1S/C16H21N3O2/c1-15(2,11-7-4-5-8-12(11)20-3)14-18-13(19-21-14)16(17)9-6-10-16/h4-5,7-8H,6,9-10,17H2,1-3H3. The predicted molar refractivity (Wildman–Crippen MR) is 79.1 cm³/mol. The van der Waals surface area contributed by atoms with Crippen molar-refractivity contribution in [1.82, 2.24) is 10.1 Å². The van der Waals surface area contributed by atoms with Crippen molar-refractivity contribution in [2.24, 2.45) is 5.73 Å². The highest BCUT2D eigenvalue weighted by Crippen LogP contribution is 2.40. The molecule has 21 heavy (non-hydrogen) atoms. The van der Waals surface area contributed by atoms with Gasteiger partial charge in [0.1, 0.15) is 5.75 Å². The van der Waals surface area contributed by atoms with Crippen LogP contribution in [0.5, 0.6) is 5.75 Å². The zero-order valence-corrected chi connectivity index (χ0v) is 12.7. The van der Waals surface area contributed by atoms with Gasteiger partial charge in [-0.15, -0.1) is 0 Å². The number of methoxy groups -OCH3 is 1. The highest BCUT2D eigenvalue weighted by atomic mass is 16.5. The van der Waals surface area contributed by atoms with Crippen LogP contribution in [0.1, 0.15) is 50.4 Å². The van der Waals surface area contributed by atoms with Crippen molar-refractivity contribution in [3.05, 3.63) is 41.5 Å². The molecule has 1 aliphatic rings. The Hall–Kier alpha value is -1.88. The van der Waals surface area contributed by atoms with Gasteiger partial charge in [-0.3, -0.25) is 0 Å². The van der Waals surface area contributed by atoms with Gasteiger partial charge >= 0.3 is 0 Å². The molecule has 2 N–H and O–H groups in total. The summed E-state index contributed by atoms with van der Waals surface area (Å²) >= 11 is 0. The molecule has 1 aliphatic carbocycles. The van der Waals surface area contributed by atoms with E-state index in [4.69, 9.17) is 15.0 Å². The first-order chi connectivity index (χ1) is 9.97. The van der Waals surface area contributed by atoms with Crippen LogP contribution in [0.2, 0.25) is 0 Å². The molecule has 1 aromatic carbocycles. The second kappa shape index (κ2) is 4.84. The van der Waals surface area contributed by atoms with Crippen molar-refractivity contribution in [2.75, 3.05) is 7.11 Å². The molecule has 1 aromatic heterocycles. The highest BCUT2D eigenvalue weighted by Gasteiger charge is 2.41. The first-order valence-electron chi connectivity index (χ1n) is 7.24. The Balaban J connectivity index is 1.98. The van der Waals surface area contributed by atoms with E-state index in [1.807, 2.05) is 38.1 Å². The second-order valence-electron chi connectivity index (χ2n) is 6.26. The molecule has 112 valence electrons. The first-order valence-corrected chi connectivity index (χ1v) is 7.24. The molecule has 0 radical (unpaired) electrons. The van der Waals surface area contributed by atoms with Gasteiger partial charge in [0.15, 0.2) is 5.82 Å². The van der Waals surface area contributed by atoms with E-state index in [-0.39, 0.29) is 0 Å². The Bertz CT molecular complexity index is 644. The Morgan fingerprint density at radius 3 is 2.62 bits per heavy atom. The van der Waals surface area contributed by atoms with Crippen LogP contribution >= 0.6 is 0 Å². The number of nitrogens with two attached hydrogens (primary N) is 1. The lowest BCUT2D eigenvalue weighted by Crippen LogP contribution is -2.44. The monoisotopic (exact) mass is 287 g/mol. The Kier molecular flexibility index (Phi) is 3.24. The number of aromatic nitrogens is 2. The van der Waals surface area contributed by atoms with Crippen molar-refractivity contribution < 1.29 is 9.26 Å². The molecule has 5 nitrogen and oxygen atoms in total. The van der Waals surface area contributed by atoms with Crippen LogP contribution in [-0.2, 0) is 11.0 Å². The normalized spacial score (nSPS) is 17.3. The number of para-hydroxylation sites is 1. The second-order valence-corrected chi connectivity index (χ2v) is 6.26. The molecule has 0 saturated heterocycles. The maximum absolute atomic E-state index is 6.27. The van der Waals surface area contributed by atoms with E-state index in [2.05, 4.69) is 10.1 Å². The fraction of sp³-hybridized carbons (Fsp3) is 0.500. The largest absolute Gasteiger partial charge is 0.496 e. The number of rotatable bonds is 4. The summed E-state index contributed by atoms with van der Waals surface area (Å²) in [5.41, 5.74) is 6.45. The summed E-state index contributed by atoms with van der Waals surface area (Å²) in [5.74, 6) is 2.00. The van der Waals surface area contributed by atoms with Gasteiger partial charge in [0, 0.05) is 5.56 Å². The van der Waals surface area contributed by atoms with Crippen molar-refractivity contribution in [3.8, 4) is 5.75 Å². The summed E-state index contributed by atoms with van der Waals surface area (Å²) in [6, 6.07) is 7.88. The number of hydrogen-bond acceptors (Lipinski definition) is 5. The lowest BCUT2D eigenvalue weighted by atomic mass is 9.77. The average Bonchev–Trinajstić information content (AvgIpc) is 2.95. The van der Waals surface area contributed by atoms with Gasteiger partial charge in [0.2, 0.25) is 5.89 Å². The topological polar surface area (TPSA) is 74.2 Å². The van der Waals surface area contributed by atoms with Crippen LogP contribution in [0.3, 0.4) is 0 Å². The molecule has 0 spiro atoms. The van der Waals surface area contributed by atoms with E-state index in [9.17, 15) is 0 Å². The van der Waals surface area contributed by atoms with E-state index in [0.717, 1.165) is 30.6 Å². The number of benzene rings is 1. The number of ether oxygens (including phenoxy) is 1. The van der Waals surface area contributed by atoms with E-state index < -0.39 is 11.0 Å². The molecule has 1 fully saturated rings. The first kappa shape index (κ1) is 14.1. The zero-order chi connectivity index (χ0) is 15.1. The quantitative estimate of drug-likeness (QED) is 0.936. The lowest BCUT2D eigenvalue weighted by molar-refractivity contribution is 0.228. The van der Waals surface area contributed by atoms with Gasteiger partial charge in [0.05, 0.1) is 18.1 Å². The van der Waals surface area contributed by atoms with E-state index in [0.29, 0.717) is 11.7 Å². The van der Waals surface area contributed by atoms with Crippen LogP contribution < -0.4 is 10.5 Å². The molecule has 0 aliphatic heterocycles. The molecule has 0 atom stereocenters. The lowest BCUT2D eigenvalue weighted by Gasteiger charge is -2.34. The van der Waals surface area contributed by atoms with Gasteiger partial charge in [-0.05, 0) is 39.2 Å². The Labute approximate surface area is 124 Å². The van der Waals surface area contributed by atoms with Crippen LogP contribution in [0.25, 0.3) is 0 Å². The zero-order valence-electron chi connectivity index (χ0n) is 12.7. The van der Waals surface area contributed by atoms with E-state index >= 15 is 0 Å². The molecule has 1 saturated carbocycles. The molecule has 0 bridgehead atoms. The molecule has 3 rings (SSSR count). The minimum absolute atomic E-state index is 0.404. The predicted octanol–water partition coefficient (Wildman–Crippen LogP) is 2.74. The third-order valence-corrected chi connectivity index (χ3v) is 4.43. The molecule has 2 aromatic rings. The number of nitrogens with zero attached hydrogens (tertiary/aromatic N) is 2. The van der Waals surface area contributed by atoms with Gasteiger partial charge in [0.25, 0.3) is 0 Å². The van der Waals surface area contributed by atoms with E-state index in [1.165, 1.54) is 0 Å². The smallest absolute Gasteiger partial charge is 0.236 e. The Morgan fingerprint density at radius 1 is 1.29 bits per heavy atom. The third-order valence-electron chi connectivity index (χ3n) is 4.43. The average molecular weight is 287 g/mol. The van der Waals surface area contributed by atoms with Crippen LogP contribution in [0.15, 0.2) is 28.8 Å².